The highest BCUT2D eigenvalue weighted by Gasteiger charge is 2.39. The lowest BCUT2D eigenvalue weighted by Crippen LogP contribution is -2.32. The molecule has 1 amide bonds. The molecule has 0 fully saturated rings. The third-order valence-electron chi connectivity index (χ3n) is 3.00. The van der Waals surface area contributed by atoms with Crippen LogP contribution in [-0.4, -0.2) is 43.8 Å². The van der Waals surface area contributed by atoms with Crippen LogP contribution in [0.4, 0.5) is 10.1 Å². The standard InChI is InChI=1S/C13H14ClFN2O2/c1-16(2)6-3-7-17-11-9(15)5-4-8(14)10(11)12(18)13(17)19/h4-5H,3,6-7H2,1-2H3. The maximum atomic E-state index is 13.8. The van der Waals surface area contributed by atoms with Gasteiger partial charge < -0.3 is 9.80 Å². The van der Waals surface area contributed by atoms with E-state index in [1.54, 1.807) is 0 Å². The summed E-state index contributed by atoms with van der Waals surface area (Å²) >= 11 is 5.88. The van der Waals surface area contributed by atoms with Gasteiger partial charge in [-0.25, -0.2) is 4.39 Å². The molecule has 0 radical (unpaired) electrons. The predicted octanol–water partition coefficient (Wildman–Crippen LogP) is 1.96. The molecule has 2 rings (SSSR count). The summed E-state index contributed by atoms with van der Waals surface area (Å²) in [5.41, 5.74) is -0.00206. The lowest BCUT2D eigenvalue weighted by Gasteiger charge is -2.18. The fourth-order valence-electron chi connectivity index (χ4n) is 2.11. The normalized spacial score (nSPS) is 14.5. The van der Waals surface area contributed by atoms with Gasteiger partial charge in [-0.2, -0.15) is 0 Å². The van der Waals surface area contributed by atoms with Crippen LogP contribution in [0.3, 0.4) is 0 Å². The second kappa shape index (κ2) is 5.27. The van der Waals surface area contributed by atoms with Gasteiger partial charge in [0.15, 0.2) is 0 Å². The lowest BCUT2D eigenvalue weighted by molar-refractivity contribution is -0.114. The molecule has 0 unspecified atom stereocenters. The summed E-state index contributed by atoms with van der Waals surface area (Å²) in [5.74, 6) is -2.03. The number of rotatable bonds is 4. The highest BCUT2D eigenvalue weighted by molar-refractivity contribution is 6.55. The number of hydrogen-bond donors (Lipinski definition) is 0. The van der Waals surface area contributed by atoms with Gasteiger partial charge in [-0.05, 0) is 39.2 Å². The lowest BCUT2D eigenvalue weighted by atomic mass is 10.1. The molecule has 1 aromatic rings. The van der Waals surface area contributed by atoms with Crippen molar-refractivity contribution in [3.63, 3.8) is 0 Å². The van der Waals surface area contributed by atoms with E-state index in [2.05, 4.69) is 0 Å². The number of amides is 1. The molecule has 6 heteroatoms. The van der Waals surface area contributed by atoms with Crippen molar-refractivity contribution in [2.45, 2.75) is 6.42 Å². The third-order valence-corrected chi connectivity index (χ3v) is 3.32. The molecule has 0 saturated heterocycles. The zero-order chi connectivity index (χ0) is 14.2. The molecule has 1 aliphatic heterocycles. The van der Waals surface area contributed by atoms with Gasteiger partial charge >= 0.3 is 0 Å². The SMILES string of the molecule is CN(C)CCCN1C(=O)C(=O)c2c(Cl)ccc(F)c21. The number of carbonyl (C=O) groups excluding carboxylic acids is 2. The smallest absolute Gasteiger partial charge is 0.299 e. The monoisotopic (exact) mass is 284 g/mol. The van der Waals surface area contributed by atoms with Crippen LogP contribution in [-0.2, 0) is 4.79 Å². The molecule has 0 N–H and O–H groups in total. The van der Waals surface area contributed by atoms with E-state index >= 15 is 0 Å². The van der Waals surface area contributed by atoms with E-state index in [0.717, 1.165) is 6.54 Å². The topological polar surface area (TPSA) is 40.6 Å². The van der Waals surface area contributed by atoms with Gasteiger partial charge in [0.05, 0.1) is 16.3 Å². The molecule has 0 bridgehead atoms. The van der Waals surface area contributed by atoms with Crippen LogP contribution < -0.4 is 4.90 Å². The van der Waals surface area contributed by atoms with Gasteiger partial charge in [0.2, 0.25) is 0 Å². The van der Waals surface area contributed by atoms with Crippen molar-refractivity contribution >= 4 is 29.0 Å². The van der Waals surface area contributed by atoms with Crippen molar-refractivity contribution in [3.8, 4) is 0 Å². The quantitative estimate of drug-likeness (QED) is 0.794. The van der Waals surface area contributed by atoms with Crippen molar-refractivity contribution in [1.29, 1.82) is 0 Å². The number of anilines is 1. The Bertz CT molecular complexity index is 546. The van der Waals surface area contributed by atoms with Gasteiger partial charge in [0, 0.05) is 6.54 Å². The number of ketones is 1. The van der Waals surface area contributed by atoms with Crippen LogP contribution in [0.5, 0.6) is 0 Å². The second-order valence-electron chi connectivity index (χ2n) is 4.70. The number of hydrogen-bond acceptors (Lipinski definition) is 3. The largest absolute Gasteiger partial charge is 0.309 e. The van der Waals surface area contributed by atoms with Crippen LogP contribution >= 0.6 is 11.6 Å². The van der Waals surface area contributed by atoms with E-state index in [9.17, 15) is 14.0 Å². The molecule has 4 nitrogen and oxygen atoms in total. The first-order valence-electron chi connectivity index (χ1n) is 5.92. The number of halogens is 2. The average molecular weight is 285 g/mol. The summed E-state index contributed by atoms with van der Waals surface area (Å²) < 4.78 is 13.8. The summed E-state index contributed by atoms with van der Waals surface area (Å²) in [6.07, 6.45) is 0.650. The van der Waals surface area contributed by atoms with E-state index < -0.39 is 17.5 Å². The fraction of sp³-hybridized carbons (Fsp3) is 0.385. The Morgan fingerprint density at radius 3 is 2.63 bits per heavy atom. The first-order chi connectivity index (χ1) is 8.93. The summed E-state index contributed by atoms with van der Waals surface area (Å²) in [4.78, 5) is 26.8. The third kappa shape index (κ3) is 2.48. The summed E-state index contributed by atoms with van der Waals surface area (Å²) in [5, 5.41) is 0.116. The molecule has 102 valence electrons. The Morgan fingerprint density at radius 2 is 2.00 bits per heavy atom. The van der Waals surface area contributed by atoms with E-state index in [1.807, 2.05) is 19.0 Å². The highest BCUT2D eigenvalue weighted by atomic mass is 35.5. The van der Waals surface area contributed by atoms with Crippen LogP contribution in [0.1, 0.15) is 16.8 Å². The van der Waals surface area contributed by atoms with Crippen LogP contribution in [0.15, 0.2) is 12.1 Å². The zero-order valence-electron chi connectivity index (χ0n) is 10.7. The summed E-state index contributed by atoms with van der Waals surface area (Å²) in [7, 11) is 3.81. The first-order valence-corrected chi connectivity index (χ1v) is 6.30. The molecule has 1 aliphatic rings. The second-order valence-corrected chi connectivity index (χ2v) is 5.10. The van der Waals surface area contributed by atoms with Gasteiger partial charge in [-0.15, -0.1) is 0 Å². The number of Topliss-reactive ketones (excluding diaryl/α,β-unsaturated/α-hetero) is 1. The van der Waals surface area contributed by atoms with Crippen molar-refractivity contribution in [3.05, 3.63) is 28.5 Å². The van der Waals surface area contributed by atoms with Crippen molar-refractivity contribution in [2.24, 2.45) is 0 Å². The molecular weight excluding hydrogens is 271 g/mol. The number of fused-ring (bicyclic) bond motifs is 1. The zero-order valence-corrected chi connectivity index (χ0v) is 11.5. The Hall–Kier alpha value is -1.46. The minimum atomic E-state index is -0.732. The van der Waals surface area contributed by atoms with E-state index in [1.165, 1.54) is 17.0 Å². The Balaban J connectivity index is 2.31. The average Bonchev–Trinajstić information content (AvgIpc) is 2.59. The Labute approximate surface area is 115 Å². The summed E-state index contributed by atoms with van der Waals surface area (Å²) in [6.45, 7) is 1.04. The molecule has 0 aromatic heterocycles. The van der Waals surface area contributed by atoms with Gasteiger partial charge in [0.25, 0.3) is 11.7 Å². The molecule has 0 spiro atoms. The Kier molecular flexibility index (Phi) is 3.87. The van der Waals surface area contributed by atoms with Crippen molar-refractivity contribution in [1.82, 2.24) is 4.90 Å². The van der Waals surface area contributed by atoms with E-state index in [4.69, 9.17) is 11.6 Å². The summed E-state index contributed by atoms with van der Waals surface area (Å²) in [6, 6.07) is 2.47. The van der Waals surface area contributed by atoms with Crippen LogP contribution in [0, 0.1) is 5.82 Å². The minimum absolute atomic E-state index is 0.0151. The van der Waals surface area contributed by atoms with Gasteiger partial charge in [-0.3, -0.25) is 9.59 Å². The molecule has 0 aliphatic carbocycles. The number of benzene rings is 1. The maximum Gasteiger partial charge on any atom is 0.299 e. The van der Waals surface area contributed by atoms with Gasteiger partial charge in [-0.1, -0.05) is 11.6 Å². The minimum Gasteiger partial charge on any atom is -0.309 e. The number of nitrogens with zero attached hydrogens (tertiary/aromatic N) is 2. The molecular formula is C13H14ClFN2O2. The molecule has 1 heterocycles. The predicted molar refractivity (Wildman–Crippen MR) is 71.3 cm³/mol. The molecule has 0 saturated carbocycles. The van der Waals surface area contributed by atoms with Crippen molar-refractivity contribution in [2.75, 3.05) is 32.1 Å². The molecule has 19 heavy (non-hydrogen) atoms. The van der Waals surface area contributed by atoms with E-state index in [-0.39, 0.29) is 16.3 Å². The number of carbonyl (C=O) groups is 2. The first kappa shape index (κ1) is 14.0. The van der Waals surface area contributed by atoms with Gasteiger partial charge in [0.1, 0.15) is 5.82 Å². The highest BCUT2D eigenvalue weighted by Crippen LogP contribution is 2.36. The maximum absolute atomic E-state index is 13.8. The van der Waals surface area contributed by atoms with Crippen LogP contribution in [0.2, 0.25) is 5.02 Å². The Morgan fingerprint density at radius 1 is 1.32 bits per heavy atom. The fourth-order valence-corrected chi connectivity index (χ4v) is 2.35. The molecule has 1 aromatic carbocycles. The van der Waals surface area contributed by atoms with E-state index in [0.29, 0.717) is 13.0 Å². The van der Waals surface area contributed by atoms with Crippen molar-refractivity contribution < 1.29 is 14.0 Å². The molecule has 0 atom stereocenters. The van der Waals surface area contributed by atoms with Crippen LogP contribution in [0.25, 0.3) is 0 Å².